The number of rotatable bonds is 5. The molecule has 0 radical (unpaired) electrons. The lowest BCUT2D eigenvalue weighted by molar-refractivity contribution is 0.669. The zero-order valence-electron chi connectivity index (χ0n) is 27.0. The smallest absolute Gasteiger partial charge is 0.160 e. The number of furan rings is 1. The lowest BCUT2D eigenvalue weighted by atomic mass is 9.95. The second-order valence-corrected chi connectivity index (χ2v) is 12.6. The molecule has 7 aromatic carbocycles. The highest BCUT2D eigenvalue weighted by molar-refractivity contribution is 6.10. The van der Waals surface area contributed by atoms with Crippen LogP contribution < -0.4 is 0 Å². The van der Waals surface area contributed by atoms with Crippen molar-refractivity contribution in [1.82, 2.24) is 14.5 Å². The van der Waals surface area contributed by atoms with Crippen molar-refractivity contribution in [2.24, 2.45) is 0 Å². The van der Waals surface area contributed by atoms with Gasteiger partial charge in [0, 0.05) is 38.2 Å². The number of hydrogen-bond acceptors (Lipinski definition) is 3. The van der Waals surface area contributed by atoms with Crippen LogP contribution in [0.3, 0.4) is 0 Å². The van der Waals surface area contributed by atoms with E-state index in [9.17, 15) is 0 Å². The molecule has 0 aliphatic rings. The molecule has 10 rings (SSSR count). The molecule has 0 amide bonds. The fourth-order valence-corrected chi connectivity index (χ4v) is 7.36. The molecule has 0 unspecified atom stereocenters. The molecular weight excluding hydrogens is 611 g/mol. The molecule has 0 aliphatic heterocycles. The van der Waals surface area contributed by atoms with Gasteiger partial charge < -0.3 is 8.98 Å². The van der Waals surface area contributed by atoms with Crippen LogP contribution in [0.1, 0.15) is 0 Å². The van der Waals surface area contributed by atoms with Crippen LogP contribution in [0, 0.1) is 0 Å². The van der Waals surface area contributed by atoms with Gasteiger partial charge in [0.1, 0.15) is 11.2 Å². The Morgan fingerprint density at radius 1 is 0.380 bits per heavy atom. The highest BCUT2D eigenvalue weighted by Crippen LogP contribution is 2.40. The third-order valence-corrected chi connectivity index (χ3v) is 9.65. The molecule has 4 nitrogen and oxygen atoms in total. The van der Waals surface area contributed by atoms with Crippen molar-refractivity contribution >= 4 is 43.7 Å². The largest absolute Gasteiger partial charge is 0.456 e. The van der Waals surface area contributed by atoms with Crippen LogP contribution in [0.4, 0.5) is 0 Å². The maximum absolute atomic E-state index is 6.30. The van der Waals surface area contributed by atoms with Gasteiger partial charge in [-0.15, -0.1) is 0 Å². The van der Waals surface area contributed by atoms with Crippen molar-refractivity contribution in [2.75, 3.05) is 0 Å². The summed E-state index contributed by atoms with van der Waals surface area (Å²) >= 11 is 0. The van der Waals surface area contributed by atoms with E-state index in [1.54, 1.807) is 0 Å². The minimum atomic E-state index is 0.678. The van der Waals surface area contributed by atoms with Crippen molar-refractivity contribution in [2.45, 2.75) is 0 Å². The Morgan fingerprint density at radius 3 is 1.70 bits per heavy atom. The molecule has 0 atom stereocenters. The minimum Gasteiger partial charge on any atom is -0.456 e. The number of benzene rings is 7. The van der Waals surface area contributed by atoms with Gasteiger partial charge in [-0.3, -0.25) is 0 Å². The van der Waals surface area contributed by atoms with Crippen LogP contribution in [0.25, 0.3) is 94.5 Å². The van der Waals surface area contributed by atoms with Gasteiger partial charge in [0.25, 0.3) is 0 Å². The van der Waals surface area contributed by atoms with Gasteiger partial charge in [-0.2, -0.15) is 0 Å². The number of para-hydroxylation sites is 4. The van der Waals surface area contributed by atoms with Crippen molar-refractivity contribution in [3.05, 3.63) is 176 Å². The van der Waals surface area contributed by atoms with Crippen LogP contribution in [0.2, 0.25) is 0 Å². The van der Waals surface area contributed by atoms with E-state index in [-0.39, 0.29) is 0 Å². The zero-order chi connectivity index (χ0) is 33.0. The summed E-state index contributed by atoms with van der Waals surface area (Å²) in [5.74, 6) is 0.678. The zero-order valence-corrected chi connectivity index (χ0v) is 27.0. The Balaban J connectivity index is 1.20. The average molecular weight is 640 g/mol. The molecule has 0 saturated heterocycles. The van der Waals surface area contributed by atoms with E-state index in [2.05, 4.69) is 150 Å². The highest BCUT2D eigenvalue weighted by Gasteiger charge is 2.19. The van der Waals surface area contributed by atoms with Crippen molar-refractivity contribution in [1.29, 1.82) is 0 Å². The molecule has 10 aromatic rings. The van der Waals surface area contributed by atoms with Crippen LogP contribution in [0.5, 0.6) is 0 Å². The van der Waals surface area contributed by atoms with Crippen molar-refractivity contribution < 1.29 is 4.42 Å². The molecular formula is C46H29N3O. The van der Waals surface area contributed by atoms with E-state index < -0.39 is 0 Å². The normalized spacial score (nSPS) is 11.6. The fourth-order valence-electron chi connectivity index (χ4n) is 7.36. The van der Waals surface area contributed by atoms with Gasteiger partial charge in [0.2, 0.25) is 0 Å². The van der Waals surface area contributed by atoms with Gasteiger partial charge in [-0.25, -0.2) is 9.97 Å². The van der Waals surface area contributed by atoms with Gasteiger partial charge in [-0.1, -0.05) is 133 Å². The first kappa shape index (κ1) is 28.3. The predicted octanol–water partition coefficient (Wildman–Crippen LogP) is 12.1. The van der Waals surface area contributed by atoms with Crippen LogP contribution >= 0.6 is 0 Å². The lowest BCUT2D eigenvalue weighted by Gasteiger charge is -2.16. The summed E-state index contributed by atoms with van der Waals surface area (Å²) in [5.41, 5.74) is 12.0. The van der Waals surface area contributed by atoms with E-state index >= 15 is 0 Å². The molecule has 50 heavy (non-hydrogen) atoms. The summed E-state index contributed by atoms with van der Waals surface area (Å²) in [6.07, 6.45) is 0. The second-order valence-electron chi connectivity index (χ2n) is 12.6. The molecule has 0 N–H and O–H groups in total. The monoisotopic (exact) mass is 639 g/mol. The number of hydrogen-bond donors (Lipinski definition) is 0. The topological polar surface area (TPSA) is 43.9 Å². The highest BCUT2D eigenvalue weighted by atomic mass is 16.3. The van der Waals surface area contributed by atoms with E-state index in [4.69, 9.17) is 14.4 Å². The maximum atomic E-state index is 6.30. The summed E-state index contributed by atoms with van der Waals surface area (Å²) < 4.78 is 8.66. The van der Waals surface area contributed by atoms with Crippen LogP contribution in [0.15, 0.2) is 180 Å². The van der Waals surface area contributed by atoms with E-state index in [1.807, 2.05) is 30.3 Å². The minimum absolute atomic E-state index is 0.678. The average Bonchev–Trinajstić information content (AvgIpc) is 3.73. The quantitative estimate of drug-likeness (QED) is 0.188. The summed E-state index contributed by atoms with van der Waals surface area (Å²) in [5, 5.41) is 4.68. The Morgan fingerprint density at radius 2 is 0.940 bits per heavy atom. The van der Waals surface area contributed by atoms with Gasteiger partial charge in [-0.05, 0) is 53.6 Å². The van der Waals surface area contributed by atoms with E-state index in [0.717, 1.165) is 77.9 Å². The molecule has 0 aliphatic carbocycles. The lowest BCUT2D eigenvalue weighted by Crippen LogP contribution is -2.01. The SMILES string of the molecule is c1ccc(-c2nc(-c3ccccc3-c3ccc4c(c3)oc3ccccc34)cc(-c3ccccc3-n3c4ccccc4c4ccccc43)n2)cc1. The molecule has 0 bridgehead atoms. The summed E-state index contributed by atoms with van der Waals surface area (Å²) in [6, 6.07) is 61.3. The molecule has 0 saturated carbocycles. The second kappa shape index (κ2) is 11.4. The Kier molecular flexibility index (Phi) is 6.46. The molecule has 4 heteroatoms. The van der Waals surface area contributed by atoms with E-state index in [0.29, 0.717) is 5.82 Å². The summed E-state index contributed by atoms with van der Waals surface area (Å²) in [6.45, 7) is 0. The molecule has 0 fully saturated rings. The Bertz CT molecular complexity index is 2830. The van der Waals surface area contributed by atoms with Crippen molar-refractivity contribution in [3.8, 4) is 50.7 Å². The predicted molar refractivity (Wildman–Crippen MR) is 205 cm³/mol. The molecule has 0 spiro atoms. The van der Waals surface area contributed by atoms with Gasteiger partial charge >= 0.3 is 0 Å². The molecule has 234 valence electrons. The first-order valence-electron chi connectivity index (χ1n) is 16.8. The van der Waals surface area contributed by atoms with Crippen LogP contribution in [-0.4, -0.2) is 14.5 Å². The first-order valence-corrected chi connectivity index (χ1v) is 16.8. The molecule has 3 heterocycles. The fraction of sp³-hybridized carbons (Fsp3) is 0. The van der Waals surface area contributed by atoms with Gasteiger partial charge in [0.15, 0.2) is 5.82 Å². The number of aromatic nitrogens is 3. The number of nitrogens with zero attached hydrogens (tertiary/aromatic N) is 3. The van der Waals surface area contributed by atoms with Gasteiger partial charge in [0.05, 0.1) is 28.1 Å². The Labute approximate surface area is 288 Å². The Hall–Kier alpha value is -6.78. The van der Waals surface area contributed by atoms with Crippen LogP contribution in [-0.2, 0) is 0 Å². The number of fused-ring (bicyclic) bond motifs is 6. The van der Waals surface area contributed by atoms with Crippen molar-refractivity contribution in [3.63, 3.8) is 0 Å². The third kappa shape index (κ3) is 4.54. The first-order chi connectivity index (χ1) is 24.8. The van der Waals surface area contributed by atoms with E-state index in [1.165, 1.54) is 10.8 Å². The summed E-state index contributed by atoms with van der Waals surface area (Å²) in [7, 11) is 0. The third-order valence-electron chi connectivity index (χ3n) is 9.65. The summed E-state index contributed by atoms with van der Waals surface area (Å²) in [4.78, 5) is 10.5. The molecule has 3 aromatic heterocycles. The maximum Gasteiger partial charge on any atom is 0.160 e. The standard InChI is InChI=1S/C46H29N3O/c1-2-14-30(15-3-1)46-47-39(33-17-5-4-16-32(33)31-26-27-37-36-20-9-13-25-44(36)50-45(37)28-31)29-40(48-46)38-21-8-12-24-43(38)49-41-22-10-6-18-34(41)35-19-7-11-23-42(35)49/h1-29H.